The molecule has 8 heteroatoms. The Morgan fingerprint density at radius 3 is 2.75 bits per heavy atom. The summed E-state index contributed by atoms with van der Waals surface area (Å²) in [6, 6.07) is 13.2. The Bertz CT molecular complexity index is 1400. The van der Waals surface area contributed by atoms with Gasteiger partial charge in [-0.3, -0.25) is 9.36 Å². The number of benzene rings is 2. The van der Waals surface area contributed by atoms with Gasteiger partial charge in [0, 0.05) is 5.56 Å². The lowest BCUT2D eigenvalue weighted by molar-refractivity contribution is -0.139. The van der Waals surface area contributed by atoms with Crippen LogP contribution in [-0.2, 0) is 9.53 Å². The number of aromatic hydroxyl groups is 1. The molecule has 4 rings (SSSR count). The summed E-state index contributed by atoms with van der Waals surface area (Å²) in [5.41, 5.74) is 1.85. The third kappa shape index (κ3) is 3.85. The first kappa shape index (κ1) is 21.6. The molecule has 1 atom stereocenters. The van der Waals surface area contributed by atoms with E-state index in [1.54, 1.807) is 57.4 Å². The molecule has 0 fully saturated rings. The summed E-state index contributed by atoms with van der Waals surface area (Å²) in [7, 11) is 1.55. The number of para-hydroxylation sites is 1. The van der Waals surface area contributed by atoms with Crippen molar-refractivity contribution in [2.75, 3.05) is 13.7 Å². The van der Waals surface area contributed by atoms with Crippen molar-refractivity contribution >= 4 is 23.4 Å². The number of hydrogen-bond donors (Lipinski definition) is 1. The molecule has 0 radical (unpaired) electrons. The van der Waals surface area contributed by atoms with E-state index in [0.29, 0.717) is 37.5 Å². The van der Waals surface area contributed by atoms with Gasteiger partial charge in [0.1, 0.15) is 17.5 Å². The third-order valence-corrected chi connectivity index (χ3v) is 6.10. The Kier molecular flexibility index (Phi) is 5.96. The molecule has 0 saturated carbocycles. The van der Waals surface area contributed by atoms with Crippen molar-refractivity contribution in [1.29, 1.82) is 0 Å². The number of nitrogens with zero attached hydrogens (tertiary/aromatic N) is 2. The lowest BCUT2D eigenvalue weighted by Gasteiger charge is -2.25. The van der Waals surface area contributed by atoms with Crippen LogP contribution < -0.4 is 19.6 Å². The van der Waals surface area contributed by atoms with Gasteiger partial charge < -0.3 is 14.6 Å². The maximum absolute atomic E-state index is 13.5. The number of phenols is 1. The Balaban J connectivity index is 2.00. The molecule has 2 heterocycles. The van der Waals surface area contributed by atoms with E-state index >= 15 is 0 Å². The highest BCUT2D eigenvalue weighted by Gasteiger charge is 2.34. The molecule has 0 unspecified atom stereocenters. The van der Waals surface area contributed by atoms with Gasteiger partial charge >= 0.3 is 5.97 Å². The number of hydrogen-bond acceptors (Lipinski definition) is 7. The summed E-state index contributed by atoms with van der Waals surface area (Å²) < 4.78 is 12.8. The number of phenolic OH excluding ortho intramolecular Hbond substituents is 1. The quantitative estimate of drug-likeness (QED) is 0.604. The highest BCUT2D eigenvalue weighted by atomic mass is 32.1. The smallest absolute Gasteiger partial charge is 0.338 e. The van der Waals surface area contributed by atoms with Gasteiger partial charge in [-0.15, -0.1) is 0 Å². The zero-order chi connectivity index (χ0) is 22.8. The van der Waals surface area contributed by atoms with E-state index < -0.39 is 12.0 Å². The van der Waals surface area contributed by atoms with Gasteiger partial charge in [-0.2, -0.15) is 0 Å². The number of methoxy groups -OCH3 is 1. The molecule has 1 aliphatic rings. The molecular formula is C24H22N2O5S. The minimum Gasteiger partial charge on any atom is -0.508 e. The monoisotopic (exact) mass is 450 g/mol. The van der Waals surface area contributed by atoms with Gasteiger partial charge in [-0.05, 0) is 43.7 Å². The first-order valence-electron chi connectivity index (χ1n) is 10.1. The van der Waals surface area contributed by atoms with Gasteiger partial charge in [0.15, 0.2) is 4.80 Å². The summed E-state index contributed by atoms with van der Waals surface area (Å²) in [4.78, 5) is 31.5. The topological polar surface area (TPSA) is 90.1 Å². The number of carbonyl (C=O) groups excluding carboxylic acids is 1. The molecule has 0 spiro atoms. The van der Waals surface area contributed by atoms with Gasteiger partial charge in [0.05, 0.1) is 29.5 Å². The number of allylic oxidation sites excluding steroid dienone is 1. The van der Waals surface area contributed by atoms with Crippen molar-refractivity contribution in [2.45, 2.75) is 19.9 Å². The lowest BCUT2D eigenvalue weighted by Crippen LogP contribution is -2.40. The molecule has 1 N–H and O–H groups in total. The Morgan fingerprint density at radius 1 is 1.25 bits per heavy atom. The second-order valence-electron chi connectivity index (χ2n) is 7.14. The molecule has 0 amide bonds. The van der Waals surface area contributed by atoms with Crippen molar-refractivity contribution in [3.05, 3.63) is 90.6 Å². The first-order valence-corrected chi connectivity index (χ1v) is 10.9. The van der Waals surface area contributed by atoms with E-state index in [-0.39, 0.29) is 17.9 Å². The average Bonchev–Trinajstić information content (AvgIpc) is 3.07. The van der Waals surface area contributed by atoms with Crippen molar-refractivity contribution in [3.8, 4) is 11.5 Å². The van der Waals surface area contributed by atoms with Crippen LogP contribution >= 0.6 is 11.3 Å². The van der Waals surface area contributed by atoms with Crippen molar-refractivity contribution in [2.24, 2.45) is 4.99 Å². The maximum atomic E-state index is 13.5. The molecule has 0 bridgehead atoms. The number of rotatable bonds is 5. The molecule has 3 aromatic rings. The van der Waals surface area contributed by atoms with Crippen LogP contribution in [-0.4, -0.2) is 29.4 Å². The van der Waals surface area contributed by atoms with Crippen LogP contribution in [0.2, 0.25) is 0 Å². The minimum atomic E-state index is -0.743. The highest BCUT2D eigenvalue weighted by Crippen LogP contribution is 2.35. The van der Waals surface area contributed by atoms with Crippen LogP contribution in [0.5, 0.6) is 11.5 Å². The molecule has 164 valence electrons. The van der Waals surface area contributed by atoms with E-state index in [4.69, 9.17) is 9.47 Å². The number of esters is 1. The normalized spacial score (nSPS) is 15.8. The molecule has 1 aromatic heterocycles. The summed E-state index contributed by atoms with van der Waals surface area (Å²) in [6.45, 7) is 3.67. The van der Waals surface area contributed by atoms with Crippen LogP contribution in [0.1, 0.15) is 31.0 Å². The van der Waals surface area contributed by atoms with Gasteiger partial charge in [-0.1, -0.05) is 41.7 Å². The average molecular weight is 451 g/mol. The van der Waals surface area contributed by atoms with Crippen LogP contribution in [0.15, 0.2) is 69.6 Å². The Morgan fingerprint density at radius 2 is 2.03 bits per heavy atom. The minimum absolute atomic E-state index is 0.110. The number of aromatic nitrogens is 1. The zero-order valence-electron chi connectivity index (χ0n) is 17.9. The van der Waals surface area contributed by atoms with Crippen molar-refractivity contribution < 1.29 is 19.4 Å². The SMILES string of the molecule is CCOC(=O)C1=C(C)N=c2s/c(=C/c3cccc(O)c3)c(=O)n2[C@@H]1c1ccccc1OC. The van der Waals surface area contributed by atoms with E-state index in [1.165, 1.54) is 15.9 Å². The fraction of sp³-hybridized carbons (Fsp3) is 0.208. The zero-order valence-corrected chi connectivity index (χ0v) is 18.7. The van der Waals surface area contributed by atoms with Gasteiger partial charge in [-0.25, -0.2) is 9.79 Å². The summed E-state index contributed by atoms with van der Waals surface area (Å²) in [5.74, 6) is 0.141. The second kappa shape index (κ2) is 8.84. The number of thiazole rings is 1. The number of ether oxygens (including phenoxy) is 2. The van der Waals surface area contributed by atoms with E-state index in [0.717, 1.165) is 0 Å². The molecular weight excluding hydrogens is 428 g/mol. The highest BCUT2D eigenvalue weighted by molar-refractivity contribution is 7.07. The lowest BCUT2D eigenvalue weighted by atomic mass is 9.95. The number of fused-ring (bicyclic) bond motifs is 1. The predicted octanol–water partition coefficient (Wildman–Crippen LogP) is 2.51. The summed E-state index contributed by atoms with van der Waals surface area (Å²) in [5, 5.41) is 9.76. The van der Waals surface area contributed by atoms with E-state index in [2.05, 4.69) is 4.99 Å². The van der Waals surface area contributed by atoms with Crippen LogP contribution in [0.25, 0.3) is 6.08 Å². The first-order chi connectivity index (χ1) is 15.4. The largest absolute Gasteiger partial charge is 0.508 e. The fourth-order valence-electron chi connectivity index (χ4n) is 3.74. The molecule has 1 aliphatic heterocycles. The van der Waals surface area contributed by atoms with Crippen molar-refractivity contribution in [3.63, 3.8) is 0 Å². The summed E-state index contributed by atoms with van der Waals surface area (Å²) >= 11 is 1.22. The predicted molar refractivity (Wildman–Crippen MR) is 121 cm³/mol. The Labute approximate surface area is 188 Å². The van der Waals surface area contributed by atoms with E-state index in [1.807, 2.05) is 18.2 Å². The fourth-order valence-corrected chi connectivity index (χ4v) is 4.79. The standard InChI is InChI=1S/C24H22N2O5S/c1-4-31-23(29)20-14(2)25-24-26(21(20)17-10-5-6-11-18(17)30-3)22(28)19(32-24)13-15-8-7-9-16(27)12-15/h5-13,21,27H,4H2,1-3H3/b19-13+/t21-/m1/s1. The molecule has 0 aliphatic carbocycles. The molecule has 32 heavy (non-hydrogen) atoms. The van der Waals surface area contributed by atoms with Crippen LogP contribution in [0.3, 0.4) is 0 Å². The van der Waals surface area contributed by atoms with Gasteiger partial charge in [0.2, 0.25) is 0 Å². The Hall–Kier alpha value is -3.65. The van der Waals surface area contributed by atoms with Gasteiger partial charge in [0.25, 0.3) is 5.56 Å². The third-order valence-electron chi connectivity index (χ3n) is 5.12. The molecule has 2 aromatic carbocycles. The van der Waals surface area contributed by atoms with Crippen LogP contribution in [0.4, 0.5) is 0 Å². The number of carbonyl (C=O) groups is 1. The summed E-state index contributed by atoms with van der Waals surface area (Å²) in [6.07, 6.45) is 1.70. The maximum Gasteiger partial charge on any atom is 0.338 e. The molecule has 0 saturated heterocycles. The van der Waals surface area contributed by atoms with Crippen LogP contribution in [0, 0.1) is 0 Å². The van der Waals surface area contributed by atoms with E-state index in [9.17, 15) is 14.7 Å². The van der Waals surface area contributed by atoms with Crippen molar-refractivity contribution in [1.82, 2.24) is 4.57 Å². The molecule has 7 nitrogen and oxygen atoms in total. The second-order valence-corrected chi connectivity index (χ2v) is 8.15.